The summed E-state index contributed by atoms with van der Waals surface area (Å²) in [6, 6.07) is 16.5. The first-order valence-electron chi connectivity index (χ1n) is 8.00. The Morgan fingerprint density at radius 1 is 1.00 bits per heavy atom. The maximum absolute atomic E-state index is 9.87. The number of aliphatic hydroxyl groups excluding tert-OH is 1. The smallest absolute Gasteiger partial charge is 0.0708 e. The Kier molecular flexibility index (Phi) is 5.03. The third-order valence-corrected chi connectivity index (χ3v) is 4.69. The fourth-order valence-electron chi connectivity index (χ4n) is 3.12. The number of thiol groups is 1. The van der Waals surface area contributed by atoms with Gasteiger partial charge in [-0.2, -0.15) is 12.6 Å². The second-order valence-corrected chi connectivity index (χ2v) is 6.32. The lowest BCUT2D eigenvalue weighted by Crippen LogP contribution is -1.95. The fraction of sp³-hybridized carbons (Fsp3) is 0.190. The van der Waals surface area contributed by atoms with E-state index < -0.39 is 0 Å². The van der Waals surface area contributed by atoms with Crippen LogP contribution in [0.2, 0.25) is 0 Å². The molecule has 1 aromatic heterocycles. The van der Waals surface area contributed by atoms with E-state index in [2.05, 4.69) is 67.9 Å². The Balaban J connectivity index is 2.12. The van der Waals surface area contributed by atoms with Gasteiger partial charge < -0.3 is 5.11 Å². The fourth-order valence-corrected chi connectivity index (χ4v) is 3.32. The number of benzene rings is 2. The topological polar surface area (TPSA) is 33.1 Å². The molecule has 0 unspecified atom stereocenters. The number of aryl methyl sites for hydroxylation is 2. The first kappa shape index (κ1) is 16.7. The van der Waals surface area contributed by atoms with Crippen LogP contribution in [0.5, 0.6) is 0 Å². The summed E-state index contributed by atoms with van der Waals surface area (Å²) in [5, 5.41) is 9.87. The van der Waals surface area contributed by atoms with Crippen LogP contribution >= 0.6 is 12.6 Å². The minimum Gasteiger partial charge on any atom is -0.392 e. The van der Waals surface area contributed by atoms with Gasteiger partial charge in [0.05, 0.1) is 12.3 Å². The molecular weight excluding hydrogens is 314 g/mol. The van der Waals surface area contributed by atoms with Crippen molar-refractivity contribution in [3.05, 3.63) is 77.0 Å². The Hall–Kier alpha value is -2.10. The van der Waals surface area contributed by atoms with E-state index in [9.17, 15) is 5.11 Å². The molecule has 3 aromatic rings. The van der Waals surface area contributed by atoms with Gasteiger partial charge in [-0.25, -0.2) is 0 Å². The molecule has 0 fully saturated rings. The third-order valence-electron chi connectivity index (χ3n) is 4.33. The Morgan fingerprint density at radius 2 is 1.75 bits per heavy atom. The van der Waals surface area contributed by atoms with Gasteiger partial charge in [-0.3, -0.25) is 4.98 Å². The van der Waals surface area contributed by atoms with Crippen LogP contribution in [0.3, 0.4) is 0 Å². The molecule has 2 aromatic carbocycles. The maximum atomic E-state index is 9.87. The summed E-state index contributed by atoms with van der Waals surface area (Å²) in [4.78, 5) is 4.46. The summed E-state index contributed by atoms with van der Waals surface area (Å²) in [5.41, 5.74) is 8.68. The second-order valence-electron chi connectivity index (χ2n) is 6.00. The van der Waals surface area contributed by atoms with Gasteiger partial charge in [0, 0.05) is 17.5 Å². The molecule has 1 N–H and O–H groups in total. The van der Waals surface area contributed by atoms with Crippen molar-refractivity contribution in [3.63, 3.8) is 0 Å². The molecule has 0 atom stereocenters. The highest BCUT2D eigenvalue weighted by molar-refractivity contribution is 7.79. The van der Waals surface area contributed by atoms with Crippen LogP contribution in [0.25, 0.3) is 22.4 Å². The average molecular weight is 335 g/mol. The van der Waals surface area contributed by atoms with Crippen LogP contribution in [0.4, 0.5) is 0 Å². The highest BCUT2D eigenvalue weighted by Crippen LogP contribution is 2.32. The zero-order chi connectivity index (χ0) is 17.1. The van der Waals surface area contributed by atoms with E-state index in [1.165, 1.54) is 16.7 Å². The summed E-state index contributed by atoms with van der Waals surface area (Å²) in [5.74, 6) is 0.671. The van der Waals surface area contributed by atoms with Gasteiger partial charge in [0.15, 0.2) is 0 Å². The molecule has 0 radical (unpaired) electrons. The number of hydrogen-bond donors (Lipinski definition) is 2. The van der Waals surface area contributed by atoms with Crippen molar-refractivity contribution in [2.45, 2.75) is 26.2 Å². The van der Waals surface area contributed by atoms with Gasteiger partial charge in [0.1, 0.15) is 0 Å². The lowest BCUT2D eigenvalue weighted by molar-refractivity contribution is 0.282. The molecule has 1 heterocycles. The van der Waals surface area contributed by atoms with Gasteiger partial charge in [0.2, 0.25) is 0 Å². The second kappa shape index (κ2) is 7.20. The van der Waals surface area contributed by atoms with E-state index in [-0.39, 0.29) is 6.61 Å². The average Bonchev–Trinajstić information content (AvgIpc) is 2.61. The van der Waals surface area contributed by atoms with Crippen molar-refractivity contribution in [2.75, 3.05) is 0 Å². The molecule has 0 spiro atoms. The number of pyridine rings is 1. The SMILES string of the molecule is Cc1cccc(C)c1-c1ccc(-c2cc(CS)ccn2)c(CO)c1. The molecule has 0 aliphatic carbocycles. The van der Waals surface area contributed by atoms with Crippen molar-refractivity contribution in [1.82, 2.24) is 4.98 Å². The van der Waals surface area contributed by atoms with Crippen LogP contribution in [0.1, 0.15) is 22.3 Å². The molecule has 3 heteroatoms. The maximum Gasteiger partial charge on any atom is 0.0708 e. The Labute approximate surface area is 148 Å². The molecule has 0 saturated heterocycles. The van der Waals surface area contributed by atoms with Crippen LogP contribution in [0.15, 0.2) is 54.7 Å². The lowest BCUT2D eigenvalue weighted by Gasteiger charge is -2.14. The predicted molar refractivity (Wildman–Crippen MR) is 103 cm³/mol. The molecule has 0 aliphatic heterocycles. The Bertz CT molecular complexity index is 853. The van der Waals surface area contributed by atoms with Gasteiger partial charge in [-0.1, -0.05) is 30.3 Å². The van der Waals surface area contributed by atoms with Crippen LogP contribution < -0.4 is 0 Å². The molecular formula is C21H21NOS. The molecule has 2 nitrogen and oxygen atoms in total. The monoisotopic (exact) mass is 335 g/mol. The van der Waals surface area contributed by atoms with Crippen molar-refractivity contribution >= 4 is 12.6 Å². The molecule has 0 bridgehead atoms. The molecule has 0 saturated carbocycles. The van der Waals surface area contributed by atoms with Crippen LogP contribution in [-0.2, 0) is 12.4 Å². The van der Waals surface area contributed by atoms with E-state index >= 15 is 0 Å². The van der Waals surface area contributed by atoms with Gasteiger partial charge in [0.25, 0.3) is 0 Å². The van der Waals surface area contributed by atoms with E-state index in [1.54, 1.807) is 6.20 Å². The lowest BCUT2D eigenvalue weighted by atomic mass is 9.92. The summed E-state index contributed by atoms with van der Waals surface area (Å²) in [6.45, 7) is 4.22. The van der Waals surface area contributed by atoms with E-state index in [0.717, 1.165) is 27.9 Å². The minimum atomic E-state index is -0.0130. The molecule has 24 heavy (non-hydrogen) atoms. The van der Waals surface area contributed by atoms with Crippen LogP contribution in [-0.4, -0.2) is 10.1 Å². The minimum absolute atomic E-state index is 0.0130. The Morgan fingerprint density at radius 3 is 2.42 bits per heavy atom. The number of aliphatic hydroxyl groups is 1. The van der Waals surface area contributed by atoms with Crippen LogP contribution in [0, 0.1) is 13.8 Å². The standard InChI is InChI=1S/C21H21NOS/c1-14-4-3-5-15(2)21(14)17-6-7-19(18(11-17)12-23)20-10-16(13-24)8-9-22-20/h3-11,23-24H,12-13H2,1-2H3. The molecule has 0 aliphatic rings. The first-order chi connectivity index (χ1) is 11.6. The van der Waals surface area contributed by atoms with E-state index in [4.69, 9.17) is 0 Å². The normalized spacial score (nSPS) is 10.8. The first-order valence-corrected chi connectivity index (χ1v) is 8.64. The summed E-state index contributed by atoms with van der Waals surface area (Å²) >= 11 is 4.33. The van der Waals surface area contributed by atoms with Crippen molar-refractivity contribution < 1.29 is 5.11 Å². The van der Waals surface area contributed by atoms with Gasteiger partial charge in [-0.15, -0.1) is 0 Å². The van der Waals surface area contributed by atoms with Gasteiger partial charge in [-0.05, 0) is 65.4 Å². The predicted octanol–water partition coefficient (Wildman–Crippen LogP) is 4.95. The third kappa shape index (κ3) is 3.23. The number of nitrogens with zero attached hydrogens (tertiary/aromatic N) is 1. The van der Waals surface area contributed by atoms with Crippen molar-refractivity contribution in [1.29, 1.82) is 0 Å². The summed E-state index contributed by atoms with van der Waals surface area (Å²) in [6.07, 6.45) is 1.79. The molecule has 0 amide bonds. The van der Waals surface area contributed by atoms with Crippen molar-refractivity contribution in [3.8, 4) is 22.4 Å². The quantitative estimate of drug-likeness (QED) is 0.661. The molecule has 3 rings (SSSR count). The van der Waals surface area contributed by atoms with Crippen molar-refractivity contribution in [2.24, 2.45) is 0 Å². The number of rotatable bonds is 4. The number of aromatic nitrogens is 1. The summed E-state index contributed by atoms with van der Waals surface area (Å²) in [7, 11) is 0. The van der Waals surface area contributed by atoms with E-state index in [0.29, 0.717) is 5.75 Å². The highest BCUT2D eigenvalue weighted by Gasteiger charge is 2.11. The number of hydrogen-bond acceptors (Lipinski definition) is 3. The largest absolute Gasteiger partial charge is 0.392 e. The summed E-state index contributed by atoms with van der Waals surface area (Å²) < 4.78 is 0. The zero-order valence-electron chi connectivity index (χ0n) is 14.0. The zero-order valence-corrected chi connectivity index (χ0v) is 14.8. The van der Waals surface area contributed by atoms with Gasteiger partial charge >= 0.3 is 0 Å². The van der Waals surface area contributed by atoms with E-state index in [1.807, 2.05) is 12.1 Å². The molecule has 122 valence electrons. The highest BCUT2D eigenvalue weighted by atomic mass is 32.1.